The molecule has 0 aromatic rings. The van der Waals surface area contributed by atoms with Crippen LogP contribution < -0.4 is 0 Å². The average Bonchev–Trinajstić information content (AvgIpc) is 3.23. The Morgan fingerprint density at radius 2 is 1.61 bits per heavy atom. The van der Waals surface area contributed by atoms with Gasteiger partial charge < -0.3 is 19.3 Å². The molecular weight excluding hydrogens is 592 g/mol. The van der Waals surface area contributed by atoms with Crippen LogP contribution in [0.4, 0.5) is 0 Å². The van der Waals surface area contributed by atoms with E-state index < -0.39 is 39.9 Å². The van der Waals surface area contributed by atoms with Crippen LogP contribution in [0.15, 0.2) is 0 Å². The number of hydrogen-bond acceptors (Lipinski definition) is 8. The van der Waals surface area contributed by atoms with Crippen LogP contribution in [0.5, 0.6) is 0 Å². The molecule has 4 saturated carbocycles. The number of aliphatic hydroxyl groups is 1. The fourth-order valence-electron chi connectivity index (χ4n) is 9.88. The molecule has 9 heteroatoms. The first-order chi connectivity index (χ1) is 19.0. The standard InChI is InChI=1S/C32H49BrO8/c1-15(2)39-26(36)12-9-16(3)20-10-11-21-27-22(14-25(31(20,21)7)41-19(6)35)32(8)23(13-24(27)40-18(5)34)28(33)29(37)17(4)30(32)38/h15-17,20-25,27-28,30,38H,9-14H2,1-8H3/t16-,17+,20-,21+,22?,23-,24-,25+,27?,28-,30-,31-,32-/m1/s1. The summed E-state index contributed by atoms with van der Waals surface area (Å²) in [4.78, 5) is 50.0. The summed E-state index contributed by atoms with van der Waals surface area (Å²) < 4.78 is 17.6. The lowest BCUT2D eigenvalue weighted by molar-refractivity contribution is -0.238. The number of carbonyl (C=O) groups is 4. The first-order valence-corrected chi connectivity index (χ1v) is 16.4. The van der Waals surface area contributed by atoms with Gasteiger partial charge in [-0.15, -0.1) is 0 Å². The monoisotopic (exact) mass is 640 g/mol. The Bertz CT molecular complexity index is 1040. The van der Waals surface area contributed by atoms with Crippen molar-refractivity contribution < 1.29 is 38.5 Å². The van der Waals surface area contributed by atoms with Gasteiger partial charge in [0.05, 0.1) is 17.0 Å². The van der Waals surface area contributed by atoms with Gasteiger partial charge in [0.25, 0.3) is 0 Å². The van der Waals surface area contributed by atoms with Crippen LogP contribution in [0, 0.1) is 52.3 Å². The fourth-order valence-corrected chi connectivity index (χ4v) is 11.1. The second-order valence-electron chi connectivity index (χ2n) is 14.1. The SMILES string of the molecule is CC(=O)O[C@H]1CC2C([C@H](OC(C)=O)C[C@@H]3[C@@H](Br)C(=O)[C@H](C)[C@@H](O)[C@]23C)[C@@H]2CC[C@H]([C@H](C)CCC(=O)OC(C)C)[C@@]12C. The van der Waals surface area contributed by atoms with E-state index in [9.17, 15) is 24.3 Å². The number of carbonyl (C=O) groups excluding carboxylic acids is 4. The average molecular weight is 642 g/mol. The number of hydrogen-bond donors (Lipinski definition) is 1. The Balaban J connectivity index is 1.74. The van der Waals surface area contributed by atoms with Crippen molar-refractivity contribution in [1.29, 1.82) is 0 Å². The van der Waals surface area contributed by atoms with E-state index in [1.807, 2.05) is 13.8 Å². The minimum absolute atomic E-state index is 0.0251. The summed E-state index contributed by atoms with van der Waals surface area (Å²) in [7, 11) is 0. The summed E-state index contributed by atoms with van der Waals surface area (Å²) >= 11 is 3.68. The van der Waals surface area contributed by atoms with Gasteiger partial charge in [-0.3, -0.25) is 19.2 Å². The quantitative estimate of drug-likeness (QED) is 0.228. The Kier molecular flexibility index (Phi) is 9.41. The summed E-state index contributed by atoms with van der Waals surface area (Å²) in [5.74, 6) is -1.39. The zero-order valence-electron chi connectivity index (χ0n) is 25.9. The van der Waals surface area contributed by atoms with Crippen LogP contribution in [0.2, 0.25) is 0 Å². The van der Waals surface area contributed by atoms with Crippen LogP contribution >= 0.6 is 15.9 Å². The van der Waals surface area contributed by atoms with Crippen LogP contribution in [-0.2, 0) is 33.4 Å². The summed E-state index contributed by atoms with van der Waals surface area (Å²) in [6.07, 6.45) is 2.01. The molecule has 0 saturated heterocycles. The van der Waals surface area contributed by atoms with Crippen LogP contribution in [0.25, 0.3) is 0 Å². The van der Waals surface area contributed by atoms with E-state index in [0.717, 1.165) is 12.8 Å². The van der Waals surface area contributed by atoms with Gasteiger partial charge in [-0.1, -0.05) is 43.6 Å². The van der Waals surface area contributed by atoms with Crippen molar-refractivity contribution >= 4 is 39.6 Å². The molecule has 0 aromatic heterocycles. The summed E-state index contributed by atoms with van der Waals surface area (Å²) in [6.45, 7) is 14.8. The molecule has 4 rings (SSSR count). The molecule has 8 nitrogen and oxygen atoms in total. The molecule has 4 aliphatic rings. The van der Waals surface area contributed by atoms with Crippen LogP contribution in [0.1, 0.15) is 93.9 Å². The molecule has 4 fully saturated rings. The highest BCUT2D eigenvalue weighted by molar-refractivity contribution is 9.10. The molecule has 0 spiro atoms. The number of alkyl halides is 1. The van der Waals surface area contributed by atoms with E-state index in [0.29, 0.717) is 25.7 Å². The molecule has 0 amide bonds. The molecule has 0 heterocycles. The lowest BCUT2D eigenvalue weighted by Gasteiger charge is -2.65. The lowest BCUT2D eigenvalue weighted by atomic mass is 9.41. The summed E-state index contributed by atoms with van der Waals surface area (Å²) in [5, 5.41) is 11.7. The highest BCUT2D eigenvalue weighted by atomic mass is 79.9. The molecule has 232 valence electrons. The second kappa shape index (κ2) is 11.9. The minimum atomic E-state index is -0.856. The zero-order valence-corrected chi connectivity index (χ0v) is 27.4. The molecule has 2 unspecified atom stereocenters. The predicted octanol–water partition coefficient (Wildman–Crippen LogP) is 5.26. The highest BCUT2D eigenvalue weighted by Crippen LogP contribution is 2.69. The number of ether oxygens (including phenoxy) is 3. The smallest absolute Gasteiger partial charge is 0.306 e. The molecular formula is C32H49BrO8. The maximum atomic E-state index is 13.1. The lowest BCUT2D eigenvalue weighted by Crippen LogP contribution is -2.69. The fraction of sp³-hybridized carbons (Fsp3) is 0.875. The van der Waals surface area contributed by atoms with Gasteiger partial charge in [0, 0.05) is 42.9 Å². The molecule has 41 heavy (non-hydrogen) atoms. The molecule has 0 aromatic carbocycles. The number of halogens is 1. The van der Waals surface area contributed by atoms with Gasteiger partial charge in [0.2, 0.25) is 0 Å². The largest absolute Gasteiger partial charge is 0.463 e. The number of Topliss-reactive ketones (excluding diaryl/α,β-unsaturated/α-hetero) is 1. The van der Waals surface area contributed by atoms with Crippen molar-refractivity contribution in [2.75, 3.05) is 0 Å². The van der Waals surface area contributed by atoms with E-state index in [1.165, 1.54) is 13.8 Å². The Morgan fingerprint density at radius 1 is 0.976 bits per heavy atom. The third kappa shape index (κ3) is 5.51. The van der Waals surface area contributed by atoms with Crippen LogP contribution in [0.3, 0.4) is 0 Å². The third-order valence-corrected chi connectivity index (χ3v) is 12.7. The number of esters is 3. The number of ketones is 1. The van der Waals surface area contributed by atoms with Crippen LogP contribution in [-0.4, -0.2) is 58.0 Å². The molecule has 0 bridgehead atoms. The molecule has 1 N–H and O–H groups in total. The maximum absolute atomic E-state index is 13.1. The van der Waals surface area contributed by atoms with E-state index in [4.69, 9.17) is 14.2 Å². The van der Waals surface area contributed by atoms with Crippen molar-refractivity contribution in [1.82, 2.24) is 0 Å². The van der Waals surface area contributed by atoms with E-state index in [1.54, 1.807) is 6.92 Å². The van der Waals surface area contributed by atoms with Gasteiger partial charge in [-0.25, -0.2) is 0 Å². The second-order valence-corrected chi connectivity index (χ2v) is 15.1. The molecule has 13 atom stereocenters. The summed E-state index contributed by atoms with van der Waals surface area (Å²) in [6, 6.07) is 0. The van der Waals surface area contributed by atoms with Gasteiger partial charge in [-0.2, -0.15) is 0 Å². The van der Waals surface area contributed by atoms with Gasteiger partial charge in [0.15, 0.2) is 5.78 Å². The molecule has 0 radical (unpaired) electrons. The topological polar surface area (TPSA) is 116 Å². The third-order valence-electron chi connectivity index (χ3n) is 11.7. The number of rotatable bonds is 7. The van der Waals surface area contributed by atoms with Crippen molar-refractivity contribution in [2.45, 2.75) is 123 Å². The zero-order chi connectivity index (χ0) is 30.6. The summed E-state index contributed by atoms with van der Waals surface area (Å²) in [5.41, 5.74) is -1.03. The Morgan fingerprint density at radius 3 is 2.20 bits per heavy atom. The first kappa shape index (κ1) is 32.4. The first-order valence-electron chi connectivity index (χ1n) is 15.4. The van der Waals surface area contributed by atoms with Crippen molar-refractivity contribution in [3.05, 3.63) is 0 Å². The van der Waals surface area contributed by atoms with Gasteiger partial charge >= 0.3 is 17.9 Å². The van der Waals surface area contributed by atoms with Crippen molar-refractivity contribution in [2.24, 2.45) is 52.3 Å². The van der Waals surface area contributed by atoms with E-state index in [2.05, 4.69) is 36.7 Å². The van der Waals surface area contributed by atoms with Crippen molar-refractivity contribution in [3.8, 4) is 0 Å². The Hall–Kier alpha value is -1.48. The molecule has 4 aliphatic carbocycles. The van der Waals surface area contributed by atoms with Crippen molar-refractivity contribution in [3.63, 3.8) is 0 Å². The minimum Gasteiger partial charge on any atom is -0.463 e. The number of fused-ring (bicyclic) bond motifs is 5. The van der Waals surface area contributed by atoms with E-state index in [-0.39, 0.29) is 65.3 Å². The van der Waals surface area contributed by atoms with E-state index >= 15 is 0 Å². The Labute approximate surface area is 253 Å². The van der Waals surface area contributed by atoms with Gasteiger partial charge in [0.1, 0.15) is 12.2 Å². The normalized spacial score (nSPS) is 44.3. The highest BCUT2D eigenvalue weighted by Gasteiger charge is 2.70. The molecule has 0 aliphatic heterocycles. The maximum Gasteiger partial charge on any atom is 0.306 e. The number of aliphatic hydroxyl groups excluding tert-OH is 1. The predicted molar refractivity (Wildman–Crippen MR) is 156 cm³/mol. The van der Waals surface area contributed by atoms with Gasteiger partial charge in [-0.05, 0) is 75.5 Å².